The Morgan fingerprint density at radius 1 is 1.17 bits per heavy atom. The molecule has 0 saturated carbocycles. The lowest BCUT2D eigenvalue weighted by atomic mass is 9.99. The molecule has 0 fully saturated rings. The number of carbonyl (C=O) groups excluding carboxylic acids is 1. The van der Waals surface area contributed by atoms with Crippen molar-refractivity contribution in [2.24, 2.45) is 5.73 Å². The quantitative estimate of drug-likeness (QED) is 0.715. The van der Waals surface area contributed by atoms with Crippen molar-refractivity contribution in [3.8, 4) is 0 Å². The molecule has 1 aromatic heterocycles. The smallest absolute Gasteiger partial charge is 0.328 e. The van der Waals surface area contributed by atoms with Crippen LogP contribution in [0, 0.1) is 0 Å². The van der Waals surface area contributed by atoms with Crippen molar-refractivity contribution in [3.05, 3.63) is 68.5 Å². The monoisotopic (exact) mass is 330 g/mol. The Labute approximate surface area is 139 Å². The van der Waals surface area contributed by atoms with Crippen LogP contribution >= 0.6 is 0 Å². The summed E-state index contributed by atoms with van der Waals surface area (Å²) in [5, 5.41) is 2.69. The van der Waals surface area contributed by atoms with Crippen molar-refractivity contribution in [1.82, 2.24) is 14.9 Å². The van der Waals surface area contributed by atoms with E-state index >= 15 is 0 Å². The van der Waals surface area contributed by atoms with Crippen LogP contribution in [0.3, 0.4) is 0 Å². The summed E-state index contributed by atoms with van der Waals surface area (Å²) < 4.78 is 1.12. The number of hydrogen-bond donors (Lipinski definition) is 3. The van der Waals surface area contributed by atoms with Crippen molar-refractivity contribution >= 4 is 5.91 Å². The number of nitrogens with zero attached hydrogens (tertiary/aromatic N) is 1. The summed E-state index contributed by atoms with van der Waals surface area (Å²) in [7, 11) is 0. The molecule has 1 atom stereocenters. The van der Waals surface area contributed by atoms with E-state index < -0.39 is 11.2 Å². The van der Waals surface area contributed by atoms with Crippen LogP contribution in [0.5, 0.6) is 0 Å². The van der Waals surface area contributed by atoms with Gasteiger partial charge in [-0.3, -0.25) is 19.1 Å². The first-order valence-electron chi connectivity index (χ1n) is 7.78. The minimum absolute atomic E-state index is 0.172. The number of nitrogens with two attached hydrogens (primary N) is 1. The number of H-pyrrole nitrogens is 1. The zero-order valence-corrected chi connectivity index (χ0v) is 13.8. The summed E-state index contributed by atoms with van der Waals surface area (Å²) in [6.45, 7) is 4.33. The Morgan fingerprint density at radius 2 is 1.79 bits per heavy atom. The van der Waals surface area contributed by atoms with E-state index in [4.69, 9.17) is 5.73 Å². The average molecular weight is 330 g/mol. The van der Waals surface area contributed by atoms with E-state index in [1.54, 1.807) is 0 Å². The van der Waals surface area contributed by atoms with Crippen LogP contribution in [0.15, 0.2) is 46.1 Å². The maximum atomic E-state index is 11.9. The standard InChI is InChI=1S/C17H22N4O3/c1-11(2)12-3-5-13(6-4-12)14(18)9-19-16(23)10-21-8-7-15(22)20-17(21)24/h3-8,11,14H,9-10,18H2,1-2H3,(H,19,23)(H,20,22,24). The molecule has 0 aliphatic rings. The summed E-state index contributed by atoms with van der Waals surface area (Å²) in [5.41, 5.74) is 7.13. The second-order valence-corrected chi connectivity index (χ2v) is 5.97. The van der Waals surface area contributed by atoms with Crippen molar-refractivity contribution < 1.29 is 4.79 Å². The van der Waals surface area contributed by atoms with Crippen molar-refractivity contribution in [2.75, 3.05) is 6.54 Å². The molecule has 24 heavy (non-hydrogen) atoms. The number of aromatic nitrogens is 2. The minimum atomic E-state index is -0.619. The molecule has 1 unspecified atom stereocenters. The van der Waals surface area contributed by atoms with Crippen LogP contribution in [0.2, 0.25) is 0 Å². The Kier molecular flexibility index (Phi) is 5.70. The van der Waals surface area contributed by atoms with Crippen LogP contribution < -0.4 is 22.3 Å². The second kappa shape index (κ2) is 7.74. The lowest BCUT2D eigenvalue weighted by Crippen LogP contribution is -2.38. The maximum absolute atomic E-state index is 11.9. The van der Waals surface area contributed by atoms with E-state index in [1.165, 1.54) is 17.8 Å². The largest absolute Gasteiger partial charge is 0.353 e. The van der Waals surface area contributed by atoms with Gasteiger partial charge in [0.05, 0.1) is 0 Å². The van der Waals surface area contributed by atoms with Gasteiger partial charge in [-0.25, -0.2) is 4.79 Å². The Hall–Kier alpha value is -2.67. The molecule has 0 aliphatic heterocycles. The molecule has 0 spiro atoms. The maximum Gasteiger partial charge on any atom is 0.328 e. The second-order valence-electron chi connectivity index (χ2n) is 5.97. The number of aromatic amines is 1. The molecule has 2 aromatic rings. The van der Waals surface area contributed by atoms with Gasteiger partial charge in [0.15, 0.2) is 0 Å². The molecule has 0 aliphatic carbocycles. The summed E-state index contributed by atoms with van der Waals surface area (Å²) in [4.78, 5) is 36.5. The van der Waals surface area contributed by atoms with Crippen LogP contribution in [-0.2, 0) is 11.3 Å². The summed E-state index contributed by atoms with van der Waals surface area (Å²) >= 11 is 0. The summed E-state index contributed by atoms with van der Waals surface area (Å²) in [6.07, 6.45) is 1.28. The van der Waals surface area contributed by atoms with Crippen molar-refractivity contribution in [3.63, 3.8) is 0 Å². The molecule has 7 nitrogen and oxygen atoms in total. The van der Waals surface area contributed by atoms with Crippen LogP contribution in [0.1, 0.15) is 36.9 Å². The van der Waals surface area contributed by atoms with E-state index in [1.807, 2.05) is 24.3 Å². The topological polar surface area (TPSA) is 110 Å². The third-order valence-corrected chi connectivity index (χ3v) is 3.76. The molecule has 4 N–H and O–H groups in total. The average Bonchev–Trinajstić information content (AvgIpc) is 2.55. The van der Waals surface area contributed by atoms with Crippen molar-refractivity contribution in [2.45, 2.75) is 32.4 Å². The molecule has 1 amide bonds. The third-order valence-electron chi connectivity index (χ3n) is 3.76. The van der Waals surface area contributed by atoms with E-state index in [0.717, 1.165) is 10.1 Å². The van der Waals surface area contributed by atoms with Gasteiger partial charge >= 0.3 is 5.69 Å². The molecular weight excluding hydrogens is 308 g/mol. The summed E-state index contributed by atoms with van der Waals surface area (Å²) in [6, 6.07) is 8.83. The van der Waals surface area contributed by atoms with Crippen molar-refractivity contribution in [1.29, 1.82) is 0 Å². The Morgan fingerprint density at radius 3 is 2.38 bits per heavy atom. The number of carbonyl (C=O) groups is 1. The molecule has 1 aromatic carbocycles. The molecule has 1 heterocycles. The van der Waals surface area contributed by atoms with Gasteiger partial charge in [0.2, 0.25) is 5.91 Å². The fourth-order valence-corrected chi connectivity index (χ4v) is 2.25. The molecule has 2 rings (SSSR count). The predicted molar refractivity (Wildman–Crippen MR) is 91.8 cm³/mol. The Balaban J connectivity index is 1.91. The first-order chi connectivity index (χ1) is 11.4. The molecule has 0 bridgehead atoms. The van der Waals surface area contributed by atoms with Gasteiger partial charge in [-0.1, -0.05) is 38.1 Å². The normalized spacial score (nSPS) is 12.2. The first kappa shape index (κ1) is 17.7. The van der Waals surface area contributed by atoms with Gasteiger partial charge in [-0.2, -0.15) is 0 Å². The van der Waals surface area contributed by atoms with Gasteiger partial charge in [0.1, 0.15) is 6.54 Å². The molecule has 128 valence electrons. The van der Waals surface area contributed by atoms with Gasteiger partial charge < -0.3 is 11.1 Å². The van der Waals surface area contributed by atoms with E-state index in [9.17, 15) is 14.4 Å². The lowest BCUT2D eigenvalue weighted by Gasteiger charge is -2.15. The first-order valence-corrected chi connectivity index (χ1v) is 7.78. The highest BCUT2D eigenvalue weighted by molar-refractivity contribution is 5.75. The number of nitrogens with one attached hydrogen (secondary N) is 2. The lowest BCUT2D eigenvalue weighted by molar-refractivity contribution is -0.121. The SMILES string of the molecule is CC(C)c1ccc(C(N)CNC(=O)Cn2ccc(=O)[nH]c2=O)cc1. The predicted octanol–water partition coefficient (Wildman–Crippen LogP) is 0.476. The highest BCUT2D eigenvalue weighted by Gasteiger charge is 2.10. The van der Waals surface area contributed by atoms with Crippen LogP contribution in [-0.4, -0.2) is 22.0 Å². The van der Waals surface area contributed by atoms with E-state index in [-0.39, 0.29) is 25.0 Å². The zero-order chi connectivity index (χ0) is 17.7. The summed E-state index contributed by atoms with van der Waals surface area (Å²) in [5.74, 6) is 0.101. The highest BCUT2D eigenvalue weighted by atomic mass is 16.2. The van der Waals surface area contributed by atoms with Gasteiger partial charge in [0, 0.05) is 24.8 Å². The number of benzene rings is 1. The molecule has 0 radical (unpaired) electrons. The molecule has 0 saturated heterocycles. The highest BCUT2D eigenvalue weighted by Crippen LogP contribution is 2.17. The van der Waals surface area contributed by atoms with Crippen LogP contribution in [0.25, 0.3) is 0 Å². The van der Waals surface area contributed by atoms with Gasteiger partial charge in [-0.15, -0.1) is 0 Å². The number of hydrogen-bond acceptors (Lipinski definition) is 4. The van der Waals surface area contributed by atoms with Gasteiger partial charge in [0.25, 0.3) is 5.56 Å². The van der Waals surface area contributed by atoms with E-state index in [2.05, 4.69) is 24.1 Å². The molecule has 7 heteroatoms. The zero-order valence-electron chi connectivity index (χ0n) is 13.8. The van der Waals surface area contributed by atoms with E-state index in [0.29, 0.717) is 5.92 Å². The fraction of sp³-hybridized carbons (Fsp3) is 0.353. The number of rotatable bonds is 6. The molecular formula is C17H22N4O3. The minimum Gasteiger partial charge on any atom is -0.353 e. The fourth-order valence-electron chi connectivity index (χ4n) is 2.25. The third kappa shape index (κ3) is 4.66. The number of amides is 1. The Bertz CT molecular complexity index is 806. The van der Waals surface area contributed by atoms with Gasteiger partial charge in [-0.05, 0) is 17.0 Å². The van der Waals surface area contributed by atoms with Crippen LogP contribution in [0.4, 0.5) is 0 Å².